The van der Waals surface area contributed by atoms with E-state index in [2.05, 4.69) is 15.4 Å². The van der Waals surface area contributed by atoms with E-state index in [1.54, 1.807) is 7.05 Å². The Balaban J connectivity index is 1.81. The Kier molecular flexibility index (Phi) is 3.34. The van der Waals surface area contributed by atoms with Crippen molar-refractivity contribution in [1.82, 2.24) is 20.1 Å². The van der Waals surface area contributed by atoms with E-state index in [1.165, 1.54) is 11.8 Å². The van der Waals surface area contributed by atoms with Crippen molar-refractivity contribution >= 4 is 5.91 Å². The molecule has 2 atom stereocenters. The zero-order valence-corrected chi connectivity index (χ0v) is 11.8. The molecule has 3 rings (SSSR count). The highest BCUT2D eigenvalue weighted by atomic mass is 16.5. The number of nitrogens with one attached hydrogen (secondary N) is 1. The van der Waals surface area contributed by atoms with Gasteiger partial charge in [-0.15, -0.1) is 5.10 Å². The van der Waals surface area contributed by atoms with E-state index in [4.69, 9.17) is 4.74 Å². The lowest BCUT2D eigenvalue weighted by Crippen LogP contribution is -2.34. The number of hydrogen-bond donors (Lipinski definition) is 2. The van der Waals surface area contributed by atoms with E-state index >= 15 is 0 Å². The number of aliphatic hydroxyl groups excluding tert-OH is 1. The fourth-order valence-electron chi connectivity index (χ4n) is 2.60. The van der Waals surface area contributed by atoms with Gasteiger partial charge < -0.3 is 15.2 Å². The standard InChI is InChI=1S/C14H16N4O3/c1-18-14(21-2)16-12(17-18)13(20)15-11-9-6-4-3-5-8(9)7-10(11)19/h3-6,10-11,19H,7H2,1-2H3,(H,15,20)/t10-,11+/m0/s1. The first-order chi connectivity index (χ1) is 10.1. The molecule has 0 radical (unpaired) electrons. The second-order valence-corrected chi connectivity index (χ2v) is 4.97. The van der Waals surface area contributed by atoms with Gasteiger partial charge in [0, 0.05) is 13.5 Å². The summed E-state index contributed by atoms with van der Waals surface area (Å²) in [5, 5.41) is 16.9. The molecule has 2 aromatic rings. The summed E-state index contributed by atoms with van der Waals surface area (Å²) in [6.07, 6.45) is -0.114. The average Bonchev–Trinajstić information content (AvgIpc) is 3.00. The predicted octanol–water partition coefficient (Wildman–Crippen LogP) is 0.212. The maximum Gasteiger partial charge on any atom is 0.314 e. The van der Waals surface area contributed by atoms with Gasteiger partial charge in [-0.1, -0.05) is 24.3 Å². The Hall–Kier alpha value is -2.41. The molecule has 0 spiro atoms. The summed E-state index contributed by atoms with van der Waals surface area (Å²) in [5.41, 5.74) is 1.98. The molecule has 21 heavy (non-hydrogen) atoms. The molecule has 0 fully saturated rings. The van der Waals surface area contributed by atoms with Gasteiger partial charge in [-0.3, -0.25) is 4.79 Å². The van der Waals surface area contributed by atoms with Crippen molar-refractivity contribution in [2.24, 2.45) is 7.05 Å². The van der Waals surface area contributed by atoms with Crippen LogP contribution in [0.25, 0.3) is 0 Å². The number of carbonyl (C=O) groups is 1. The van der Waals surface area contributed by atoms with Crippen molar-refractivity contribution in [3.05, 3.63) is 41.2 Å². The SMILES string of the molecule is COc1nc(C(=O)N[C@@H]2c3ccccc3C[C@@H]2O)nn1C. The molecule has 1 aromatic heterocycles. The first-order valence-electron chi connectivity index (χ1n) is 6.62. The van der Waals surface area contributed by atoms with Gasteiger partial charge in [0.1, 0.15) is 0 Å². The number of aromatic nitrogens is 3. The first-order valence-corrected chi connectivity index (χ1v) is 6.62. The average molecular weight is 288 g/mol. The third kappa shape index (κ3) is 2.36. The highest BCUT2D eigenvalue weighted by Gasteiger charge is 2.32. The van der Waals surface area contributed by atoms with Gasteiger partial charge in [-0.2, -0.15) is 4.98 Å². The molecule has 0 bridgehead atoms. The van der Waals surface area contributed by atoms with Crippen LogP contribution < -0.4 is 10.1 Å². The summed E-state index contributed by atoms with van der Waals surface area (Å²) in [6, 6.07) is 7.48. The summed E-state index contributed by atoms with van der Waals surface area (Å²) in [5.74, 6) is -0.416. The maximum atomic E-state index is 12.2. The number of benzene rings is 1. The van der Waals surface area contributed by atoms with Gasteiger partial charge in [0.2, 0.25) is 5.82 Å². The summed E-state index contributed by atoms with van der Waals surface area (Å²) >= 11 is 0. The Labute approximate surface area is 121 Å². The van der Waals surface area contributed by atoms with Crippen LogP contribution >= 0.6 is 0 Å². The maximum absolute atomic E-state index is 12.2. The predicted molar refractivity (Wildman–Crippen MR) is 73.9 cm³/mol. The molecule has 7 nitrogen and oxygen atoms in total. The molecule has 0 saturated carbocycles. The minimum absolute atomic E-state index is 0.0194. The van der Waals surface area contributed by atoms with Crippen molar-refractivity contribution in [1.29, 1.82) is 0 Å². The molecule has 0 unspecified atom stereocenters. The van der Waals surface area contributed by atoms with Crippen molar-refractivity contribution in [2.75, 3.05) is 7.11 Å². The highest BCUT2D eigenvalue weighted by Crippen LogP contribution is 2.31. The molecule has 7 heteroatoms. The van der Waals surface area contributed by atoms with Crippen LogP contribution in [0, 0.1) is 0 Å². The molecule has 0 aliphatic heterocycles. The fourth-order valence-corrected chi connectivity index (χ4v) is 2.60. The molecule has 0 saturated heterocycles. The van der Waals surface area contributed by atoms with E-state index in [0.29, 0.717) is 6.42 Å². The van der Waals surface area contributed by atoms with Gasteiger partial charge in [0.25, 0.3) is 5.91 Å². The van der Waals surface area contributed by atoms with Crippen LogP contribution in [0.5, 0.6) is 6.01 Å². The molecule has 1 heterocycles. The number of amides is 1. The van der Waals surface area contributed by atoms with Gasteiger partial charge >= 0.3 is 6.01 Å². The van der Waals surface area contributed by atoms with Gasteiger partial charge in [-0.25, -0.2) is 4.68 Å². The van der Waals surface area contributed by atoms with Gasteiger partial charge in [0.05, 0.1) is 19.3 Å². The summed E-state index contributed by atoms with van der Waals surface area (Å²) in [6.45, 7) is 0. The number of methoxy groups -OCH3 is 1. The largest absolute Gasteiger partial charge is 0.467 e. The Morgan fingerprint density at radius 2 is 2.24 bits per heavy atom. The molecule has 1 amide bonds. The summed E-state index contributed by atoms with van der Waals surface area (Å²) in [4.78, 5) is 16.2. The second-order valence-electron chi connectivity index (χ2n) is 4.97. The minimum Gasteiger partial charge on any atom is -0.467 e. The number of ether oxygens (including phenoxy) is 1. The number of aliphatic hydroxyl groups is 1. The third-order valence-electron chi connectivity index (χ3n) is 3.60. The number of rotatable bonds is 3. The Morgan fingerprint density at radius 3 is 2.95 bits per heavy atom. The molecular weight excluding hydrogens is 272 g/mol. The zero-order chi connectivity index (χ0) is 15.0. The molecule has 110 valence electrons. The van der Waals surface area contributed by atoms with E-state index in [1.807, 2.05) is 24.3 Å². The number of nitrogens with zero attached hydrogens (tertiary/aromatic N) is 3. The van der Waals surface area contributed by atoms with Crippen LogP contribution in [0.15, 0.2) is 24.3 Å². The Morgan fingerprint density at radius 1 is 1.48 bits per heavy atom. The lowest BCUT2D eigenvalue weighted by atomic mass is 10.1. The van der Waals surface area contributed by atoms with Crippen LogP contribution in [0.1, 0.15) is 27.8 Å². The van der Waals surface area contributed by atoms with Gasteiger partial charge in [-0.05, 0) is 11.1 Å². The topological polar surface area (TPSA) is 89.3 Å². The molecule has 1 aliphatic rings. The van der Waals surface area contributed by atoms with Crippen molar-refractivity contribution < 1.29 is 14.6 Å². The number of fused-ring (bicyclic) bond motifs is 1. The quantitative estimate of drug-likeness (QED) is 0.843. The number of aryl methyl sites for hydroxylation is 1. The molecule has 1 aliphatic carbocycles. The molecule has 2 N–H and O–H groups in total. The second kappa shape index (κ2) is 5.17. The van der Waals surface area contributed by atoms with Gasteiger partial charge in [0.15, 0.2) is 0 Å². The number of hydrogen-bond acceptors (Lipinski definition) is 5. The smallest absolute Gasteiger partial charge is 0.314 e. The summed E-state index contributed by atoms with van der Waals surface area (Å²) in [7, 11) is 3.10. The van der Waals surface area contributed by atoms with Crippen molar-refractivity contribution in [2.45, 2.75) is 18.6 Å². The summed E-state index contributed by atoms with van der Waals surface area (Å²) < 4.78 is 6.37. The van der Waals surface area contributed by atoms with Crippen LogP contribution in [0.4, 0.5) is 0 Å². The van der Waals surface area contributed by atoms with E-state index in [9.17, 15) is 9.90 Å². The van der Waals surface area contributed by atoms with Crippen LogP contribution in [0.3, 0.4) is 0 Å². The van der Waals surface area contributed by atoms with E-state index in [0.717, 1.165) is 11.1 Å². The fraction of sp³-hybridized carbons (Fsp3) is 0.357. The Bertz CT molecular complexity index is 683. The number of carbonyl (C=O) groups excluding carboxylic acids is 1. The normalized spacial score (nSPS) is 20.1. The van der Waals surface area contributed by atoms with Crippen molar-refractivity contribution in [3.63, 3.8) is 0 Å². The zero-order valence-electron chi connectivity index (χ0n) is 11.8. The van der Waals surface area contributed by atoms with Crippen LogP contribution in [-0.2, 0) is 13.5 Å². The lowest BCUT2D eigenvalue weighted by molar-refractivity contribution is 0.0848. The molecular formula is C14H16N4O3. The first kappa shape index (κ1) is 13.6. The van der Waals surface area contributed by atoms with Crippen LogP contribution in [-0.4, -0.2) is 39.0 Å². The van der Waals surface area contributed by atoms with Crippen LogP contribution in [0.2, 0.25) is 0 Å². The molecule has 1 aromatic carbocycles. The lowest BCUT2D eigenvalue weighted by Gasteiger charge is -2.16. The highest BCUT2D eigenvalue weighted by molar-refractivity contribution is 5.90. The van der Waals surface area contributed by atoms with Crippen molar-refractivity contribution in [3.8, 4) is 6.01 Å². The van der Waals surface area contributed by atoms with E-state index in [-0.39, 0.29) is 11.8 Å². The monoisotopic (exact) mass is 288 g/mol. The minimum atomic E-state index is -0.642. The van der Waals surface area contributed by atoms with E-state index < -0.39 is 18.1 Å². The third-order valence-corrected chi connectivity index (χ3v) is 3.60.